The number of hydrogen-bond acceptors (Lipinski definition) is 5. The molecule has 0 amide bonds. The molecule has 0 bridgehead atoms. The lowest BCUT2D eigenvalue weighted by atomic mass is 9.93. The van der Waals surface area contributed by atoms with Crippen LogP contribution >= 0.6 is 0 Å². The van der Waals surface area contributed by atoms with Crippen LogP contribution in [0.15, 0.2) is 12.4 Å². The highest BCUT2D eigenvalue weighted by molar-refractivity contribution is 5.82. The summed E-state index contributed by atoms with van der Waals surface area (Å²) >= 11 is 0. The second kappa shape index (κ2) is 5.18. The van der Waals surface area contributed by atoms with Crippen LogP contribution in [0.1, 0.15) is 25.6 Å². The summed E-state index contributed by atoms with van der Waals surface area (Å²) in [6.07, 6.45) is 5.87. The Morgan fingerprint density at radius 2 is 2.35 bits per heavy atom. The van der Waals surface area contributed by atoms with E-state index in [-0.39, 0.29) is 11.9 Å². The predicted octanol–water partition coefficient (Wildman–Crippen LogP) is 0.369. The van der Waals surface area contributed by atoms with E-state index in [1.807, 2.05) is 19.3 Å². The summed E-state index contributed by atoms with van der Waals surface area (Å²) in [5.74, 6) is 1.05. The first kappa shape index (κ1) is 13.6. The van der Waals surface area contributed by atoms with Crippen LogP contribution in [0, 0.1) is 5.92 Å². The van der Waals surface area contributed by atoms with Gasteiger partial charge >= 0.3 is 5.97 Å². The number of rotatable bonds is 5. The summed E-state index contributed by atoms with van der Waals surface area (Å²) in [6.45, 7) is 5.31. The standard InChI is InChI=1S/C14H22N4O2/c1-2-20-13(19)14(15,11-3-4-11)10-17-7-8-18-6-5-16-12(18)9-17/h5-6,11H,2-4,7-10,15H2,1H3. The van der Waals surface area contributed by atoms with Crippen LogP contribution < -0.4 is 5.73 Å². The van der Waals surface area contributed by atoms with Gasteiger partial charge in [0.25, 0.3) is 0 Å². The Morgan fingerprint density at radius 3 is 3.05 bits per heavy atom. The molecule has 6 heteroatoms. The zero-order valence-electron chi connectivity index (χ0n) is 11.9. The van der Waals surface area contributed by atoms with Crippen LogP contribution in [-0.4, -0.2) is 45.7 Å². The van der Waals surface area contributed by atoms with Crippen molar-refractivity contribution in [2.24, 2.45) is 11.7 Å². The van der Waals surface area contributed by atoms with Gasteiger partial charge in [-0.1, -0.05) is 0 Å². The molecule has 1 fully saturated rings. The number of fused-ring (bicyclic) bond motifs is 1. The Hall–Kier alpha value is -1.40. The summed E-state index contributed by atoms with van der Waals surface area (Å²) in [7, 11) is 0. The third-order valence-electron chi connectivity index (χ3n) is 4.27. The number of carbonyl (C=O) groups is 1. The van der Waals surface area contributed by atoms with E-state index in [2.05, 4.69) is 14.5 Å². The minimum atomic E-state index is -0.856. The van der Waals surface area contributed by atoms with Crippen molar-refractivity contribution >= 4 is 5.97 Å². The van der Waals surface area contributed by atoms with E-state index in [9.17, 15) is 4.79 Å². The maximum Gasteiger partial charge on any atom is 0.327 e. The van der Waals surface area contributed by atoms with Gasteiger partial charge < -0.3 is 15.0 Å². The van der Waals surface area contributed by atoms with Crippen molar-refractivity contribution in [3.8, 4) is 0 Å². The minimum Gasteiger partial charge on any atom is -0.465 e. The van der Waals surface area contributed by atoms with E-state index < -0.39 is 5.54 Å². The molecule has 1 atom stereocenters. The lowest BCUT2D eigenvalue weighted by Gasteiger charge is -2.35. The van der Waals surface area contributed by atoms with Crippen molar-refractivity contribution in [2.75, 3.05) is 19.7 Å². The number of nitrogens with two attached hydrogens (primary N) is 1. The molecular formula is C14H22N4O2. The molecule has 2 heterocycles. The van der Waals surface area contributed by atoms with E-state index in [0.717, 1.165) is 38.3 Å². The van der Waals surface area contributed by atoms with Crippen LogP contribution in [0.5, 0.6) is 0 Å². The van der Waals surface area contributed by atoms with Gasteiger partial charge in [0, 0.05) is 32.0 Å². The van der Waals surface area contributed by atoms with E-state index in [1.165, 1.54) is 0 Å². The highest BCUT2D eigenvalue weighted by Gasteiger charge is 2.50. The second-order valence-electron chi connectivity index (χ2n) is 5.78. The van der Waals surface area contributed by atoms with Gasteiger partial charge in [0.2, 0.25) is 0 Å². The molecule has 1 aromatic heterocycles. The summed E-state index contributed by atoms with van der Waals surface area (Å²) in [4.78, 5) is 18.8. The quantitative estimate of drug-likeness (QED) is 0.788. The number of imidazole rings is 1. The van der Waals surface area contributed by atoms with E-state index in [4.69, 9.17) is 10.5 Å². The largest absolute Gasteiger partial charge is 0.465 e. The number of nitrogens with zero attached hydrogens (tertiary/aromatic N) is 3. The molecule has 0 spiro atoms. The third kappa shape index (κ3) is 2.45. The Balaban J connectivity index is 1.70. The van der Waals surface area contributed by atoms with Gasteiger partial charge in [0.05, 0.1) is 13.2 Å². The first-order chi connectivity index (χ1) is 9.63. The number of esters is 1. The number of carbonyl (C=O) groups excluding carboxylic acids is 1. The van der Waals surface area contributed by atoms with Gasteiger partial charge in [-0.3, -0.25) is 4.90 Å². The molecule has 0 saturated heterocycles. The maximum absolute atomic E-state index is 12.2. The third-order valence-corrected chi connectivity index (χ3v) is 4.27. The topological polar surface area (TPSA) is 73.4 Å². The molecule has 6 nitrogen and oxygen atoms in total. The Kier molecular flexibility index (Phi) is 3.52. The average molecular weight is 278 g/mol. The van der Waals surface area contributed by atoms with Crippen molar-refractivity contribution in [1.29, 1.82) is 0 Å². The van der Waals surface area contributed by atoms with E-state index in [0.29, 0.717) is 13.2 Å². The van der Waals surface area contributed by atoms with Gasteiger partial charge in [0.1, 0.15) is 11.4 Å². The number of hydrogen-bond donors (Lipinski definition) is 1. The Bertz CT molecular complexity index is 497. The highest BCUT2D eigenvalue weighted by Crippen LogP contribution is 2.39. The molecule has 1 saturated carbocycles. The van der Waals surface area contributed by atoms with Gasteiger partial charge in [-0.25, -0.2) is 9.78 Å². The van der Waals surface area contributed by atoms with Gasteiger partial charge in [-0.05, 0) is 25.7 Å². The average Bonchev–Trinajstić information content (AvgIpc) is 3.18. The maximum atomic E-state index is 12.2. The van der Waals surface area contributed by atoms with Crippen LogP contribution in [0.4, 0.5) is 0 Å². The molecule has 1 unspecified atom stereocenters. The summed E-state index contributed by atoms with van der Waals surface area (Å²) in [5.41, 5.74) is 5.56. The molecule has 110 valence electrons. The lowest BCUT2D eigenvalue weighted by molar-refractivity contribution is -0.151. The van der Waals surface area contributed by atoms with Crippen molar-refractivity contribution in [2.45, 2.75) is 38.4 Å². The SMILES string of the molecule is CCOC(=O)C(N)(CN1CCn2ccnc2C1)C1CC1. The fourth-order valence-corrected chi connectivity index (χ4v) is 2.95. The molecule has 2 aliphatic rings. The lowest BCUT2D eigenvalue weighted by Crippen LogP contribution is -2.59. The fourth-order valence-electron chi connectivity index (χ4n) is 2.95. The summed E-state index contributed by atoms with van der Waals surface area (Å²) in [6, 6.07) is 0. The van der Waals surface area contributed by atoms with E-state index in [1.54, 1.807) is 0 Å². The van der Waals surface area contributed by atoms with Crippen LogP contribution in [0.2, 0.25) is 0 Å². The number of aromatic nitrogens is 2. The molecule has 20 heavy (non-hydrogen) atoms. The van der Waals surface area contributed by atoms with Crippen molar-refractivity contribution in [3.05, 3.63) is 18.2 Å². The molecule has 1 aromatic rings. The van der Waals surface area contributed by atoms with E-state index >= 15 is 0 Å². The van der Waals surface area contributed by atoms with Crippen LogP contribution in [0.3, 0.4) is 0 Å². The number of ether oxygens (including phenoxy) is 1. The molecule has 1 aliphatic carbocycles. The summed E-state index contributed by atoms with van der Waals surface area (Å²) < 4.78 is 7.34. The molecular weight excluding hydrogens is 256 g/mol. The van der Waals surface area contributed by atoms with Crippen molar-refractivity contribution < 1.29 is 9.53 Å². The van der Waals surface area contributed by atoms with Crippen LogP contribution in [0.25, 0.3) is 0 Å². The van der Waals surface area contributed by atoms with Crippen LogP contribution in [-0.2, 0) is 22.6 Å². The van der Waals surface area contributed by atoms with Crippen molar-refractivity contribution in [3.63, 3.8) is 0 Å². The monoisotopic (exact) mass is 278 g/mol. The zero-order chi connectivity index (χ0) is 14.2. The predicted molar refractivity (Wildman–Crippen MR) is 73.8 cm³/mol. The Labute approximate surface area is 118 Å². The van der Waals surface area contributed by atoms with Crippen molar-refractivity contribution in [1.82, 2.24) is 14.5 Å². The highest BCUT2D eigenvalue weighted by atomic mass is 16.5. The smallest absolute Gasteiger partial charge is 0.327 e. The molecule has 3 rings (SSSR count). The second-order valence-corrected chi connectivity index (χ2v) is 5.78. The minimum absolute atomic E-state index is 0.253. The first-order valence-corrected chi connectivity index (χ1v) is 7.32. The van der Waals surface area contributed by atoms with Gasteiger partial charge in [-0.15, -0.1) is 0 Å². The molecule has 2 N–H and O–H groups in total. The first-order valence-electron chi connectivity index (χ1n) is 7.32. The normalized spacial score (nSPS) is 22.1. The molecule has 0 radical (unpaired) electrons. The van der Waals surface area contributed by atoms with Gasteiger partial charge in [-0.2, -0.15) is 0 Å². The Morgan fingerprint density at radius 1 is 1.55 bits per heavy atom. The van der Waals surface area contributed by atoms with Gasteiger partial charge in [0.15, 0.2) is 0 Å². The zero-order valence-corrected chi connectivity index (χ0v) is 11.9. The summed E-state index contributed by atoms with van der Waals surface area (Å²) in [5, 5.41) is 0. The molecule has 0 aromatic carbocycles. The molecule has 1 aliphatic heterocycles. The fraction of sp³-hybridized carbons (Fsp3) is 0.714.